The van der Waals surface area contributed by atoms with Crippen LogP contribution in [0.3, 0.4) is 0 Å². The average molecular weight is 243 g/mol. The molecular weight excluding hydrogens is 230 g/mol. The fourth-order valence-corrected chi connectivity index (χ4v) is 2.15. The van der Waals surface area contributed by atoms with E-state index in [2.05, 4.69) is 19.9 Å². The number of nitrogen functional groups attached to an aromatic ring is 1. The van der Waals surface area contributed by atoms with Crippen LogP contribution in [-0.2, 0) is 12.8 Å². The van der Waals surface area contributed by atoms with Crippen molar-refractivity contribution in [1.29, 1.82) is 0 Å². The summed E-state index contributed by atoms with van der Waals surface area (Å²) < 4.78 is 5.06. The van der Waals surface area contributed by atoms with Gasteiger partial charge >= 0.3 is 0 Å². The first-order valence-electron chi connectivity index (χ1n) is 5.79. The van der Waals surface area contributed by atoms with E-state index in [9.17, 15) is 0 Å². The summed E-state index contributed by atoms with van der Waals surface area (Å²) in [4.78, 5) is 16.9. The van der Waals surface area contributed by atoms with Gasteiger partial charge in [0.2, 0.25) is 5.88 Å². The second-order valence-corrected chi connectivity index (χ2v) is 4.16. The lowest BCUT2D eigenvalue weighted by Gasteiger charge is -2.06. The van der Waals surface area contributed by atoms with Crippen molar-refractivity contribution in [3.8, 4) is 17.4 Å². The van der Waals surface area contributed by atoms with Crippen molar-refractivity contribution in [2.75, 3.05) is 12.8 Å². The summed E-state index contributed by atoms with van der Waals surface area (Å²) in [5, 5.41) is 0. The fourth-order valence-electron chi connectivity index (χ4n) is 2.15. The maximum absolute atomic E-state index is 5.95. The van der Waals surface area contributed by atoms with Crippen molar-refractivity contribution in [2.45, 2.75) is 19.3 Å². The molecule has 18 heavy (non-hydrogen) atoms. The molecule has 0 fully saturated rings. The van der Waals surface area contributed by atoms with Crippen LogP contribution in [0.25, 0.3) is 11.5 Å². The van der Waals surface area contributed by atoms with E-state index in [4.69, 9.17) is 10.5 Å². The Hall–Kier alpha value is -2.24. The maximum atomic E-state index is 5.95. The van der Waals surface area contributed by atoms with Crippen LogP contribution in [-0.4, -0.2) is 27.0 Å². The summed E-state index contributed by atoms with van der Waals surface area (Å²) in [6.07, 6.45) is 4.44. The number of hydrogen-bond donors (Lipinski definition) is 1. The predicted molar refractivity (Wildman–Crippen MR) is 66.0 cm³/mol. The molecule has 6 nitrogen and oxygen atoms in total. The minimum absolute atomic E-state index is 0.489. The molecule has 0 aromatic carbocycles. The number of fused-ring (bicyclic) bond motifs is 1. The third-order valence-corrected chi connectivity index (χ3v) is 3.05. The van der Waals surface area contributed by atoms with E-state index in [-0.39, 0.29) is 0 Å². The standard InChI is InChI=1S/C12H13N5O/c1-18-10-5-9(14-6-15-10)12-16-8-4-2-3-7(8)11(13)17-12/h5-6H,2-4H2,1H3,(H2,13,16,17). The summed E-state index contributed by atoms with van der Waals surface area (Å²) in [7, 11) is 1.56. The first-order valence-corrected chi connectivity index (χ1v) is 5.79. The summed E-state index contributed by atoms with van der Waals surface area (Å²) in [5.74, 6) is 1.58. The Bertz CT molecular complexity index is 599. The lowest BCUT2D eigenvalue weighted by Crippen LogP contribution is -2.04. The van der Waals surface area contributed by atoms with Crippen LogP contribution >= 0.6 is 0 Å². The third kappa shape index (κ3) is 1.75. The minimum atomic E-state index is 0.489. The van der Waals surface area contributed by atoms with Gasteiger partial charge in [0.1, 0.15) is 17.8 Å². The molecule has 92 valence electrons. The molecule has 2 aromatic rings. The summed E-state index contributed by atoms with van der Waals surface area (Å²) in [6.45, 7) is 0. The number of aromatic nitrogens is 4. The number of aryl methyl sites for hydroxylation is 1. The molecule has 1 aliphatic rings. The van der Waals surface area contributed by atoms with E-state index in [0.717, 1.165) is 30.5 Å². The second kappa shape index (κ2) is 4.21. The number of ether oxygens (including phenoxy) is 1. The first-order chi connectivity index (χ1) is 8.78. The van der Waals surface area contributed by atoms with Crippen LogP contribution in [0, 0.1) is 0 Å². The largest absolute Gasteiger partial charge is 0.481 e. The topological polar surface area (TPSA) is 86.8 Å². The van der Waals surface area contributed by atoms with Crippen molar-refractivity contribution in [3.63, 3.8) is 0 Å². The van der Waals surface area contributed by atoms with Crippen molar-refractivity contribution in [2.24, 2.45) is 0 Å². The molecule has 0 bridgehead atoms. The molecule has 0 aliphatic heterocycles. The Morgan fingerprint density at radius 2 is 2.11 bits per heavy atom. The zero-order valence-electron chi connectivity index (χ0n) is 10.1. The van der Waals surface area contributed by atoms with E-state index in [1.54, 1.807) is 13.2 Å². The third-order valence-electron chi connectivity index (χ3n) is 3.05. The zero-order chi connectivity index (χ0) is 12.5. The van der Waals surface area contributed by atoms with E-state index in [1.807, 2.05) is 0 Å². The average Bonchev–Trinajstić information content (AvgIpc) is 2.87. The van der Waals surface area contributed by atoms with Crippen LogP contribution in [0.4, 0.5) is 5.82 Å². The van der Waals surface area contributed by atoms with Crippen LogP contribution in [0.1, 0.15) is 17.7 Å². The molecule has 0 saturated carbocycles. The molecule has 0 spiro atoms. The molecular formula is C12H13N5O. The molecule has 2 heterocycles. The molecule has 0 saturated heterocycles. The molecule has 0 atom stereocenters. The Labute approximate surface area is 104 Å². The Morgan fingerprint density at radius 3 is 2.94 bits per heavy atom. The zero-order valence-corrected chi connectivity index (χ0v) is 10.1. The fraction of sp³-hybridized carbons (Fsp3) is 0.333. The number of nitrogens with zero attached hydrogens (tertiary/aromatic N) is 4. The SMILES string of the molecule is COc1cc(-c2nc(N)c3c(n2)CCC3)ncn1. The van der Waals surface area contributed by atoms with Gasteiger partial charge in [0.15, 0.2) is 5.82 Å². The highest BCUT2D eigenvalue weighted by Crippen LogP contribution is 2.27. The van der Waals surface area contributed by atoms with Gasteiger partial charge < -0.3 is 10.5 Å². The smallest absolute Gasteiger partial charge is 0.216 e. The number of nitrogens with two attached hydrogens (primary N) is 1. The highest BCUT2D eigenvalue weighted by Gasteiger charge is 2.18. The van der Waals surface area contributed by atoms with Crippen LogP contribution in [0.2, 0.25) is 0 Å². The van der Waals surface area contributed by atoms with Gasteiger partial charge in [0.25, 0.3) is 0 Å². The van der Waals surface area contributed by atoms with Crippen LogP contribution in [0.15, 0.2) is 12.4 Å². The molecule has 0 amide bonds. The minimum Gasteiger partial charge on any atom is -0.481 e. The maximum Gasteiger partial charge on any atom is 0.216 e. The molecule has 2 aromatic heterocycles. The monoisotopic (exact) mass is 243 g/mol. The van der Waals surface area contributed by atoms with Crippen molar-refractivity contribution in [3.05, 3.63) is 23.7 Å². The second-order valence-electron chi connectivity index (χ2n) is 4.16. The molecule has 0 unspecified atom stereocenters. The molecule has 1 aliphatic carbocycles. The van der Waals surface area contributed by atoms with Gasteiger partial charge in [0.05, 0.1) is 7.11 Å². The number of rotatable bonds is 2. The van der Waals surface area contributed by atoms with Crippen molar-refractivity contribution in [1.82, 2.24) is 19.9 Å². The summed E-state index contributed by atoms with van der Waals surface area (Å²) in [5.41, 5.74) is 8.70. The Morgan fingerprint density at radius 1 is 1.22 bits per heavy atom. The Kier molecular flexibility index (Phi) is 2.55. The Balaban J connectivity index is 2.09. The predicted octanol–water partition coefficient (Wildman–Crippen LogP) is 1.01. The lowest BCUT2D eigenvalue weighted by molar-refractivity contribution is 0.397. The van der Waals surface area contributed by atoms with Gasteiger partial charge in [-0.1, -0.05) is 0 Å². The van der Waals surface area contributed by atoms with E-state index < -0.39 is 0 Å². The van der Waals surface area contributed by atoms with Gasteiger partial charge in [-0.3, -0.25) is 0 Å². The van der Waals surface area contributed by atoms with Crippen LogP contribution < -0.4 is 10.5 Å². The van der Waals surface area contributed by atoms with Crippen molar-refractivity contribution >= 4 is 5.82 Å². The lowest BCUT2D eigenvalue weighted by atomic mass is 10.2. The normalized spacial score (nSPS) is 13.4. The summed E-state index contributed by atoms with van der Waals surface area (Å²) >= 11 is 0. The van der Waals surface area contributed by atoms with Gasteiger partial charge in [-0.25, -0.2) is 19.9 Å². The highest BCUT2D eigenvalue weighted by molar-refractivity contribution is 5.56. The van der Waals surface area contributed by atoms with E-state index in [0.29, 0.717) is 23.2 Å². The molecule has 3 rings (SSSR count). The van der Waals surface area contributed by atoms with E-state index >= 15 is 0 Å². The highest BCUT2D eigenvalue weighted by atomic mass is 16.5. The number of hydrogen-bond acceptors (Lipinski definition) is 6. The first kappa shape index (κ1) is 10.9. The molecule has 0 radical (unpaired) electrons. The summed E-state index contributed by atoms with van der Waals surface area (Å²) in [6, 6.07) is 1.70. The van der Waals surface area contributed by atoms with Crippen molar-refractivity contribution < 1.29 is 4.74 Å². The van der Waals surface area contributed by atoms with E-state index in [1.165, 1.54) is 6.33 Å². The molecule has 6 heteroatoms. The quantitative estimate of drug-likeness (QED) is 0.847. The molecule has 2 N–H and O–H groups in total. The van der Waals surface area contributed by atoms with Gasteiger partial charge in [0, 0.05) is 17.3 Å². The van der Waals surface area contributed by atoms with Gasteiger partial charge in [-0.15, -0.1) is 0 Å². The van der Waals surface area contributed by atoms with Crippen LogP contribution in [0.5, 0.6) is 5.88 Å². The number of anilines is 1. The van der Waals surface area contributed by atoms with Gasteiger partial charge in [-0.05, 0) is 19.3 Å². The number of methoxy groups -OCH3 is 1. The van der Waals surface area contributed by atoms with Gasteiger partial charge in [-0.2, -0.15) is 0 Å².